The molecule has 0 aliphatic heterocycles. The standard InChI is InChI=1S/C76H144O17P2/c1-6-10-13-16-19-22-25-28-31-34-37-40-43-49-54-59-73(78)86-65-71(92-75(80)61-56-51-44-41-38-35-32-29-26-23-20-17-14-11-7-2)67-90-94(82,83)88-63-70(77)64-89-95(84,85)91-68-72(66-87-74(79)60-55-50-47-46-48-53-58-69(5)9-4)93-76(81)62-57-52-45-42-39-36-33-30-27-24-21-18-15-12-8-3/h23,26,29,32,69-72,77H,6-22,24-25,27-28,30-31,33-68H2,1-5H3,(H,82,83)(H,84,85)/b26-23-,32-29-/t69?,70-,71-,72-/m1/s1. The van der Waals surface area contributed by atoms with Crippen molar-refractivity contribution >= 4 is 39.5 Å². The van der Waals surface area contributed by atoms with Crippen molar-refractivity contribution in [3.8, 4) is 0 Å². The summed E-state index contributed by atoms with van der Waals surface area (Å²) in [5, 5.41) is 10.6. The Bertz CT molecular complexity index is 1920. The average molecular weight is 1390 g/mol. The molecule has 3 N–H and O–H groups in total. The van der Waals surface area contributed by atoms with Crippen LogP contribution in [0.25, 0.3) is 0 Å². The third-order valence-electron chi connectivity index (χ3n) is 17.5. The monoisotopic (exact) mass is 1390 g/mol. The molecular weight excluding hydrogens is 1250 g/mol. The van der Waals surface area contributed by atoms with Gasteiger partial charge in [0.05, 0.1) is 26.4 Å². The fourth-order valence-corrected chi connectivity index (χ4v) is 12.7. The third kappa shape index (κ3) is 68.5. The smallest absolute Gasteiger partial charge is 0.462 e. The number of rotatable bonds is 74. The van der Waals surface area contributed by atoms with E-state index in [-0.39, 0.29) is 25.7 Å². The van der Waals surface area contributed by atoms with Crippen LogP contribution in [-0.2, 0) is 65.4 Å². The molecule has 0 bridgehead atoms. The van der Waals surface area contributed by atoms with Crippen molar-refractivity contribution in [1.82, 2.24) is 0 Å². The summed E-state index contributed by atoms with van der Waals surface area (Å²) in [6, 6.07) is 0. The number of aliphatic hydroxyl groups excluding tert-OH is 1. The van der Waals surface area contributed by atoms with E-state index in [4.69, 9.17) is 37.0 Å². The van der Waals surface area contributed by atoms with E-state index in [1.54, 1.807) is 0 Å². The second kappa shape index (κ2) is 68.7. The molecule has 95 heavy (non-hydrogen) atoms. The van der Waals surface area contributed by atoms with Gasteiger partial charge in [0, 0.05) is 25.7 Å². The number of allylic oxidation sites excluding steroid dienone is 4. The first-order chi connectivity index (χ1) is 46.1. The molecule has 0 aromatic heterocycles. The predicted molar refractivity (Wildman–Crippen MR) is 386 cm³/mol. The highest BCUT2D eigenvalue weighted by atomic mass is 31.2. The second-order valence-corrected chi connectivity index (χ2v) is 29.9. The van der Waals surface area contributed by atoms with Crippen LogP contribution in [0.2, 0.25) is 0 Å². The summed E-state index contributed by atoms with van der Waals surface area (Å²) in [6.07, 6.45) is 60.4. The van der Waals surface area contributed by atoms with Gasteiger partial charge in [-0.1, -0.05) is 322 Å². The lowest BCUT2D eigenvalue weighted by Crippen LogP contribution is -2.30. The Morgan fingerprint density at radius 1 is 0.337 bits per heavy atom. The van der Waals surface area contributed by atoms with Crippen molar-refractivity contribution in [2.24, 2.45) is 5.92 Å². The van der Waals surface area contributed by atoms with E-state index < -0.39 is 97.5 Å². The lowest BCUT2D eigenvalue weighted by Gasteiger charge is -2.21. The molecule has 0 aromatic rings. The lowest BCUT2D eigenvalue weighted by molar-refractivity contribution is -0.161. The molecule has 3 unspecified atom stereocenters. The van der Waals surface area contributed by atoms with Crippen LogP contribution >= 0.6 is 15.6 Å². The Kier molecular flexibility index (Phi) is 66.9. The van der Waals surface area contributed by atoms with Crippen LogP contribution in [0.4, 0.5) is 0 Å². The molecule has 0 saturated carbocycles. The van der Waals surface area contributed by atoms with E-state index >= 15 is 0 Å². The minimum absolute atomic E-state index is 0.0856. The molecule has 0 heterocycles. The van der Waals surface area contributed by atoms with E-state index in [0.29, 0.717) is 25.7 Å². The van der Waals surface area contributed by atoms with E-state index in [2.05, 4.69) is 58.9 Å². The minimum atomic E-state index is -4.96. The number of phosphoric ester groups is 2. The Hall–Kier alpha value is -2.46. The zero-order valence-electron chi connectivity index (χ0n) is 61.3. The number of esters is 4. The van der Waals surface area contributed by atoms with E-state index in [1.807, 2.05) is 0 Å². The van der Waals surface area contributed by atoms with Crippen molar-refractivity contribution < 1.29 is 80.2 Å². The summed E-state index contributed by atoms with van der Waals surface area (Å²) in [4.78, 5) is 72.8. The largest absolute Gasteiger partial charge is 0.472 e. The van der Waals surface area contributed by atoms with Gasteiger partial charge in [0.15, 0.2) is 12.2 Å². The third-order valence-corrected chi connectivity index (χ3v) is 19.4. The molecule has 0 rings (SSSR count). The average Bonchev–Trinajstić information content (AvgIpc) is 2.62. The van der Waals surface area contributed by atoms with Gasteiger partial charge in [0.2, 0.25) is 0 Å². The minimum Gasteiger partial charge on any atom is -0.462 e. The maximum atomic E-state index is 13.1. The maximum Gasteiger partial charge on any atom is 0.472 e. The molecule has 19 heteroatoms. The summed E-state index contributed by atoms with van der Waals surface area (Å²) in [7, 11) is -9.92. The Balaban J connectivity index is 5.29. The van der Waals surface area contributed by atoms with Crippen molar-refractivity contribution in [1.29, 1.82) is 0 Å². The van der Waals surface area contributed by atoms with Crippen molar-refractivity contribution in [2.45, 2.75) is 393 Å². The molecule has 0 fully saturated rings. The number of unbranched alkanes of at least 4 members (excludes halogenated alkanes) is 42. The van der Waals surface area contributed by atoms with Crippen molar-refractivity contribution in [3.05, 3.63) is 24.3 Å². The summed E-state index contributed by atoms with van der Waals surface area (Å²) >= 11 is 0. The molecule has 0 radical (unpaired) electrons. The van der Waals surface area contributed by atoms with Gasteiger partial charge in [-0.25, -0.2) is 9.13 Å². The van der Waals surface area contributed by atoms with Gasteiger partial charge in [-0.3, -0.25) is 37.3 Å². The van der Waals surface area contributed by atoms with Crippen LogP contribution < -0.4 is 0 Å². The number of hydrogen-bond acceptors (Lipinski definition) is 15. The first-order valence-corrected chi connectivity index (χ1v) is 42.0. The van der Waals surface area contributed by atoms with Crippen LogP contribution in [0.5, 0.6) is 0 Å². The fraction of sp³-hybridized carbons (Fsp3) is 0.895. The number of carbonyl (C=O) groups is 4. The van der Waals surface area contributed by atoms with Crippen molar-refractivity contribution in [2.75, 3.05) is 39.6 Å². The molecule has 0 saturated heterocycles. The molecule has 0 aliphatic carbocycles. The Morgan fingerprint density at radius 2 is 0.589 bits per heavy atom. The van der Waals surface area contributed by atoms with Crippen LogP contribution in [0, 0.1) is 5.92 Å². The molecule has 0 spiro atoms. The highest BCUT2D eigenvalue weighted by Gasteiger charge is 2.30. The Labute approximate surface area is 580 Å². The Morgan fingerprint density at radius 3 is 0.895 bits per heavy atom. The molecule has 0 aliphatic rings. The summed E-state index contributed by atoms with van der Waals surface area (Å²) in [5.41, 5.74) is 0. The zero-order valence-corrected chi connectivity index (χ0v) is 63.1. The fourth-order valence-electron chi connectivity index (χ4n) is 11.1. The van der Waals surface area contributed by atoms with Gasteiger partial charge < -0.3 is 33.8 Å². The lowest BCUT2D eigenvalue weighted by atomic mass is 10.00. The van der Waals surface area contributed by atoms with Gasteiger partial charge in [-0.05, 0) is 57.3 Å². The number of carbonyl (C=O) groups excluding carboxylic acids is 4. The quantitative estimate of drug-likeness (QED) is 0.0169. The molecule has 0 aromatic carbocycles. The summed E-state index contributed by atoms with van der Waals surface area (Å²) in [6.45, 7) is 7.19. The predicted octanol–water partition coefficient (Wildman–Crippen LogP) is 22.0. The SMILES string of the molecule is CCCCCC/C=C\C=C/CCCCCCCC(=O)O[C@H](COC(=O)CCCCCCCCCCCCCCCCC)COP(=O)(O)OC[C@@H](O)COP(=O)(O)OC[C@@H](COC(=O)CCCCCCCCC(C)CC)OC(=O)CCCCCCCCCCCCCCCCC. The highest BCUT2D eigenvalue weighted by molar-refractivity contribution is 7.47. The van der Waals surface area contributed by atoms with E-state index in [9.17, 15) is 43.2 Å². The molecule has 0 amide bonds. The maximum absolute atomic E-state index is 13.1. The van der Waals surface area contributed by atoms with Crippen LogP contribution in [0.1, 0.15) is 375 Å². The topological polar surface area (TPSA) is 237 Å². The van der Waals surface area contributed by atoms with Crippen LogP contribution in [0.3, 0.4) is 0 Å². The van der Waals surface area contributed by atoms with E-state index in [0.717, 1.165) is 115 Å². The van der Waals surface area contributed by atoms with Gasteiger partial charge in [0.25, 0.3) is 0 Å². The number of aliphatic hydroxyl groups is 1. The first-order valence-electron chi connectivity index (χ1n) is 39.0. The van der Waals surface area contributed by atoms with Gasteiger partial charge >= 0.3 is 39.5 Å². The molecule has 6 atom stereocenters. The number of phosphoric acid groups is 2. The normalized spacial score (nSPS) is 14.4. The van der Waals surface area contributed by atoms with Crippen LogP contribution in [0.15, 0.2) is 24.3 Å². The van der Waals surface area contributed by atoms with Gasteiger partial charge in [0.1, 0.15) is 19.3 Å². The second-order valence-electron chi connectivity index (χ2n) is 26.9. The molecule has 560 valence electrons. The van der Waals surface area contributed by atoms with Gasteiger partial charge in [-0.2, -0.15) is 0 Å². The molecular formula is C76H144O17P2. The molecule has 17 nitrogen and oxygen atoms in total. The highest BCUT2D eigenvalue weighted by Crippen LogP contribution is 2.45. The van der Waals surface area contributed by atoms with Crippen LogP contribution in [-0.4, -0.2) is 96.7 Å². The summed E-state index contributed by atoms with van der Waals surface area (Å²) in [5.74, 6) is -1.41. The summed E-state index contributed by atoms with van der Waals surface area (Å²) < 4.78 is 68.5. The van der Waals surface area contributed by atoms with Crippen molar-refractivity contribution in [3.63, 3.8) is 0 Å². The zero-order chi connectivity index (χ0) is 69.8. The first kappa shape index (κ1) is 92.5. The number of ether oxygens (including phenoxy) is 4. The van der Waals surface area contributed by atoms with E-state index in [1.165, 1.54) is 180 Å². The van der Waals surface area contributed by atoms with Gasteiger partial charge in [-0.15, -0.1) is 0 Å². The number of hydrogen-bond donors (Lipinski definition) is 3.